The van der Waals surface area contributed by atoms with Crippen molar-refractivity contribution in [2.24, 2.45) is 5.73 Å². The van der Waals surface area contributed by atoms with Gasteiger partial charge in [-0.25, -0.2) is 4.79 Å². The van der Waals surface area contributed by atoms with Crippen molar-refractivity contribution in [2.75, 3.05) is 0 Å². The number of hydrogen-bond donors (Lipinski definition) is 2. The number of nitrogens with two attached hydrogens (primary N) is 1. The maximum absolute atomic E-state index is 11.1. The summed E-state index contributed by atoms with van der Waals surface area (Å²) in [5.41, 5.74) is 5.98. The number of amides is 2. The van der Waals surface area contributed by atoms with Crippen LogP contribution in [0.2, 0.25) is 0 Å². The fraction of sp³-hybridized carbons (Fsp3) is 0.462. The molecule has 0 saturated heterocycles. The molecule has 1 unspecified atom stereocenters. The Bertz CT molecular complexity index is 337. The van der Waals surface area contributed by atoms with E-state index < -0.39 is 6.03 Å². The Labute approximate surface area is 97.0 Å². The first-order chi connectivity index (χ1) is 7.58. The molecule has 0 aromatic heterocycles. The Kier molecular flexibility index (Phi) is 4.35. The number of nitrogens with one attached hydrogen (secondary N) is 1. The number of benzene rings is 1. The van der Waals surface area contributed by atoms with Gasteiger partial charge in [-0.2, -0.15) is 0 Å². The van der Waals surface area contributed by atoms with Gasteiger partial charge in [0.15, 0.2) is 0 Å². The second-order valence-corrected chi connectivity index (χ2v) is 4.29. The van der Waals surface area contributed by atoms with E-state index in [1.165, 1.54) is 0 Å². The molecule has 1 aromatic rings. The van der Waals surface area contributed by atoms with Crippen molar-refractivity contribution < 1.29 is 4.79 Å². The molecule has 0 aliphatic rings. The minimum Gasteiger partial charge on any atom is -0.352 e. The summed E-state index contributed by atoms with van der Waals surface area (Å²) in [5, 5.41) is 2.85. The van der Waals surface area contributed by atoms with Crippen molar-refractivity contribution in [3.63, 3.8) is 0 Å². The molecule has 0 radical (unpaired) electrons. The van der Waals surface area contributed by atoms with Gasteiger partial charge in [0.1, 0.15) is 0 Å². The Morgan fingerprint density at radius 2 is 2.00 bits per heavy atom. The van der Waals surface area contributed by atoms with Crippen LogP contribution in [-0.2, 0) is 5.54 Å². The molecule has 16 heavy (non-hydrogen) atoms. The van der Waals surface area contributed by atoms with Gasteiger partial charge in [-0.3, -0.25) is 0 Å². The van der Waals surface area contributed by atoms with Gasteiger partial charge >= 0.3 is 6.03 Å². The van der Waals surface area contributed by atoms with E-state index in [2.05, 4.69) is 12.2 Å². The van der Waals surface area contributed by atoms with Crippen molar-refractivity contribution in [2.45, 2.75) is 38.6 Å². The Hall–Kier alpha value is -1.51. The molecule has 1 rings (SSSR count). The second-order valence-electron chi connectivity index (χ2n) is 4.29. The van der Waals surface area contributed by atoms with Crippen LogP contribution in [0.25, 0.3) is 0 Å². The number of primary amides is 1. The first kappa shape index (κ1) is 12.6. The van der Waals surface area contributed by atoms with Gasteiger partial charge in [0, 0.05) is 0 Å². The van der Waals surface area contributed by atoms with Crippen LogP contribution in [0.4, 0.5) is 4.79 Å². The molecule has 0 heterocycles. The molecule has 1 aromatic carbocycles. The molecule has 1 atom stereocenters. The summed E-state index contributed by atoms with van der Waals surface area (Å²) in [6.45, 7) is 4.15. The number of carbonyl (C=O) groups excluding carboxylic acids is 1. The van der Waals surface area contributed by atoms with E-state index in [9.17, 15) is 4.79 Å². The Balaban J connectivity index is 2.90. The highest BCUT2D eigenvalue weighted by molar-refractivity contribution is 5.72. The second kappa shape index (κ2) is 5.54. The SMILES string of the molecule is CCCCC(C)(NC(N)=O)c1ccccc1. The first-order valence-electron chi connectivity index (χ1n) is 5.71. The molecule has 0 fully saturated rings. The molecule has 3 N–H and O–H groups in total. The highest BCUT2D eigenvalue weighted by atomic mass is 16.2. The molecule has 3 nitrogen and oxygen atoms in total. The lowest BCUT2D eigenvalue weighted by Crippen LogP contribution is -2.46. The number of rotatable bonds is 5. The van der Waals surface area contributed by atoms with Crippen LogP contribution in [0.5, 0.6) is 0 Å². The van der Waals surface area contributed by atoms with E-state index in [-0.39, 0.29) is 5.54 Å². The first-order valence-corrected chi connectivity index (χ1v) is 5.71. The number of carbonyl (C=O) groups is 1. The summed E-state index contributed by atoms with van der Waals surface area (Å²) in [7, 11) is 0. The lowest BCUT2D eigenvalue weighted by molar-refractivity contribution is 0.232. The average molecular weight is 220 g/mol. The third kappa shape index (κ3) is 3.26. The van der Waals surface area contributed by atoms with Crippen LogP contribution in [0.15, 0.2) is 30.3 Å². The fourth-order valence-electron chi connectivity index (χ4n) is 1.89. The van der Waals surface area contributed by atoms with E-state index in [1.807, 2.05) is 37.3 Å². The van der Waals surface area contributed by atoms with Gasteiger partial charge in [-0.15, -0.1) is 0 Å². The van der Waals surface area contributed by atoms with Gasteiger partial charge in [0.2, 0.25) is 0 Å². The quantitative estimate of drug-likeness (QED) is 0.787. The standard InChI is InChI=1S/C13H20N2O/c1-3-4-10-13(2,15-12(14)16)11-8-6-5-7-9-11/h5-9H,3-4,10H2,1-2H3,(H3,14,15,16). The van der Waals surface area contributed by atoms with Crippen LogP contribution in [0.3, 0.4) is 0 Å². The van der Waals surface area contributed by atoms with Crippen LogP contribution >= 0.6 is 0 Å². The zero-order chi connectivity index (χ0) is 12.0. The molecule has 0 spiro atoms. The molecule has 2 amide bonds. The van der Waals surface area contributed by atoms with Crippen LogP contribution in [0, 0.1) is 0 Å². The maximum atomic E-state index is 11.1. The van der Waals surface area contributed by atoms with Crippen LogP contribution in [0.1, 0.15) is 38.7 Å². The number of unbranched alkanes of at least 4 members (excludes halogenated alkanes) is 1. The van der Waals surface area contributed by atoms with Crippen molar-refractivity contribution in [3.8, 4) is 0 Å². The van der Waals surface area contributed by atoms with Crippen molar-refractivity contribution >= 4 is 6.03 Å². The predicted octanol–water partition coefficient (Wildman–Crippen LogP) is 2.76. The van der Waals surface area contributed by atoms with Gasteiger partial charge in [-0.05, 0) is 18.9 Å². The summed E-state index contributed by atoms with van der Waals surface area (Å²) in [5.74, 6) is 0. The third-order valence-corrected chi connectivity index (χ3v) is 2.84. The molecular formula is C13H20N2O. The zero-order valence-electron chi connectivity index (χ0n) is 9.99. The fourth-order valence-corrected chi connectivity index (χ4v) is 1.89. The molecular weight excluding hydrogens is 200 g/mol. The van der Waals surface area contributed by atoms with Gasteiger partial charge in [0.25, 0.3) is 0 Å². The Morgan fingerprint density at radius 1 is 1.38 bits per heavy atom. The molecule has 0 aliphatic carbocycles. The highest BCUT2D eigenvalue weighted by Gasteiger charge is 2.26. The summed E-state index contributed by atoms with van der Waals surface area (Å²) in [4.78, 5) is 11.1. The topological polar surface area (TPSA) is 55.1 Å². The monoisotopic (exact) mass is 220 g/mol. The van der Waals surface area contributed by atoms with Crippen LogP contribution in [-0.4, -0.2) is 6.03 Å². The smallest absolute Gasteiger partial charge is 0.312 e. The minimum absolute atomic E-state index is 0.358. The van der Waals surface area contributed by atoms with Gasteiger partial charge < -0.3 is 11.1 Å². The van der Waals surface area contributed by atoms with E-state index in [4.69, 9.17) is 5.73 Å². The van der Waals surface area contributed by atoms with Gasteiger partial charge in [0.05, 0.1) is 5.54 Å². The van der Waals surface area contributed by atoms with E-state index in [0.29, 0.717) is 0 Å². The average Bonchev–Trinajstić information content (AvgIpc) is 2.27. The molecule has 88 valence electrons. The largest absolute Gasteiger partial charge is 0.352 e. The van der Waals surface area contributed by atoms with Crippen molar-refractivity contribution in [3.05, 3.63) is 35.9 Å². The summed E-state index contributed by atoms with van der Waals surface area (Å²) in [6.07, 6.45) is 3.06. The Morgan fingerprint density at radius 3 is 2.50 bits per heavy atom. The minimum atomic E-state index is -0.470. The number of urea groups is 1. The van der Waals surface area contributed by atoms with E-state index in [0.717, 1.165) is 24.8 Å². The highest BCUT2D eigenvalue weighted by Crippen LogP contribution is 2.26. The van der Waals surface area contributed by atoms with E-state index >= 15 is 0 Å². The summed E-state index contributed by atoms with van der Waals surface area (Å²) in [6, 6.07) is 9.48. The lowest BCUT2D eigenvalue weighted by Gasteiger charge is -2.30. The molecule has 0 saturated carbocycles. The molecule has 0 aliphatic heterocycles. The van der Waals surface area contributed by atoms with Crippen molar-refractivity contribution in [1.29, 1.82) is 0 Å². The number of hydrogen-bond acceptors (Lipinski definition) is 1. The van der Waals surface area contributed by atoms with E-state index in [1.54, 1.807) is 0 Å². The van der Waals surface area contributed by atoms with Crippen molar-refractivity contribution in [1.82, 2.24) is 5.32 Å². The molecule has 0 bridgehead atoms. The van der Waals surface area contributed by atoms with Crippen LogP contribution < -0.4 is 11.1 Å². The summed E-state index contributed by atoms with van der Waals surface area (Å²) < 4.78 is 0. The maximum Gasteiger partial charge on any atom is 0.312 e. The zero-order valence-corrected chi connectivity index (χ0v) is 9.99. The summed E-state index contributed by atoms with van der Waals surface area (Å²) >= 11 is 0. The predicted molar refractivity (Wildman–Crippen MR) is 66.0 cm³/mol. The van der Waals surface area contributed by atoms with Gasteiger partial charge in [-0.1, -0.05) is 50.1 Å². The molecule has 3 heteroatoms. The normalized spacial score (nSPS) is 14.1. The third-order valence-electron chi connectivity index (χ3n) is 2.84. The lowest BCUT2D eigenvalue weighted by atomic mass is 9.87.